The van der Waals surface area contributed by atoms with Crippen molar-refractivity contribution in [2.45, 2.75) is 19.5 Å². The summed E-state index contributed by atoms with van der Waals surface area (Å²) in [7, 11) is 0. The Morgan fingerprint density at radius 2 is 2.07 bits per heavy atom. The van der Waals surface area contributed by atoms with Crippen molar-refractivity contribution in [3.05, 3.63) is 46.0 Å². The first-order chi connectivity index (χ1) is 6.75. The van der Waals surface area contributed by atoms with Gasteiger partial charge >= 0.3 is 0 Å². The predicted molar refractivity (Wildman–Crippen MR) is 54.5 cm³/mol. The zero-order valence-corrected chi connectivity index (χ0v) is 8.14. The van der Waals surface area contributed by atoms with Gasteiger partial charge in [0.05, 0.1) is 0 Å². The van der Waals surface area contributed by atoms with Crippen molar-refractivity contribution in [1.29, 1.82) is 0 Å². The van der Waals surface area contributed by atoms with E-state index in [9.17, 15) is 10.1 Å². The van der Waals surface area contributed by atoms with Crippen molar-refractivity contribution in [2.24, 2.45) is 0 Å². The molecule has 0 saturated carbocycles. The lowest BCUT2D eigenvalue weighted by Gasteiger charge is -2.10. The van der Waals surface area contributed by atoms with Crippen LogP contribution in [-0.4, -0.2) is 11.5 Å². The minimum Gasteiger partial charge on any atom is -0.262 e. The molecule has 0 spiro atoms. The van der Waals surface area contributed by atoms with Crippen molar-refractivity contribution in [1.82, 2.24) is 5.32 Å². The summed E-state index contributed by atoms with van der Waals surface area (Å²) >= 11 is 0. The number of nitrogens with zero attached hydrogens (tertiary/aromatic N) is 1. The Labute approximate surface area is 83.1 Å². The van der Waals surface area contributed by atoms with E-state index in [1.807, 2.05) is 13.0 Å². The van der Waals surface area contributed by atoms with Gasteiger partial charge in [-0.3, -0.25) is 15.4 Å². The van der Waals surface area contributed by atoms with Crippen LogP contribution in [0, 0.1) is 10.1 Å². The number of rotatable bonds is 5. The van der Waals surface area contributed by atoms with Crippen LogP contribution in [0.1, 0.15) is 25.1 Å². The monoisotopic (exact) mass is 194 g/mol. The van der Waals surface area contributed by atoms with Gasteiger partial charge < -0.3 is 0 Å². The molecule has 14 heavy (non-hydrogen) atoms. The van der Waals surface area contributed by atoms with E-state index in [1.54, 1.807) is 24.3 Å². The highest BCUT2D eigenvalue weighted by Gasteiger charge is 2.20. The summed E-state index contributed by atoms with van der Waals surface area (Å²) in [6.45, 7) is 2.63. The highest BCUT2D eigenvalue weighted by Crippen LogP contribution is 2.12. The molecule has 0 heterocycles. The van der Waals surface area contributed by atoms with Crippen molar-refractivity contribution in [3.8, 4) is 0 Å². The van der Waals surface area contributed by atoms with Crippen molar-refractivity contribution < 1.29 is 4.92 Å². The van der Waals surface area contributed by atoms with E-state index >= 15 is 0 Å². The van der Waals surface area contributed by atoms with Crippen LogP contribution in [0.4, 0.5) is 0 Å². The average molecular weight is 194 g/mol. The molecule has 0 aliphatic rings. The first kappa shape index (κ1) is 10.7. The van der Waals surface area contributed by atoms with Gasteiger partial charge in [-0.15, -0.1) is 0 Å². The Morgan fingerprint density at radius 1 is 1.43 bits per heavy atom. The van der Waals surface area contributed by atoms with Crippen LogP contribution >= 0.6 is 0 Å². The molecule has 1 aromatic carbocycles. The number of nitro groups is 1. The smallest absolute Gasteiger partial charge is 0.262 e. The molecule has 4 nitrogen and oxygen atoms in total. The molecule has 0 fully saturated rings. The molecule has 1 rings (SSSR count). The summed E-state index contributed by atoms with van der Waals surface area (Å²) in [4.78, 5) is 10.4. The van der Waals surface area contributed by atoms with E-state index < -0.39 is 6.17 Å². The molecule has 0 bridgehead atoms. The van der Waals surface area contributed by atoms with E-state index in [4.69, 9.17) is 0 Å². The van der Waals surface area contributed by atoms with Crippen LogP contribution in [0.2, 0.25) is 0 Å². The fourth-order valence-corrected chi connectivity index (χ4v) is 1.23. The summed E-state index contributed by atoms with van der Waals surface area (Å²) in [5, 5.41) is 13.6. The van der Waals surface area contributed by atoms with Gasteiger partial charge in [0.1, 0.15) is 0 Å². The van der Waals surface area contributed by atoms with Crippen LogP contribution in [0.3, 0.4) is 0 Å². The Bertz CT molecular complexity index is 287. The molecule has 1 unspecified atom stereocenters. The minimum absolute atomic E-state index is 0.301. The molecule has 0 saturated heterocycles. The topological polar surface area (TPSA) is 55.2 Å². The van der Waals surface area contributed by atoms with E-state index in [0.29, 0.717) is 12.1 Å². The van der Waals surface area contributed by atoms with Gasteiger partial charge in [0.2, 0.25) is 0 Å². The fourth-order valence-electron chi connectivity index (χ4n) is 1.23. The predicted octanol–water partition coefficient (Wildman–Crippen LogP) is 1.96. The van der Waals surface area contributed by atoms with Gasteiger partial charge in [-0.25, -0.2) is 0 Å². The summed E-state index contributed by atoms with van der Waals surface area (Å²) in [6, 6.07) is 8.98. The molecule has 1 N–H and O–H groups in total. The van der Waals surface area contributed by atoms with Gasteiger partial charge in [-0.2, -0.15) is 0 Å². The Kier molecular flexibility index (Phi) is 4.07. The summed E-state index contributed by atoms with van der Waals surface area (Å²) < 4.78 is 0. The first-order valence-corrected chi connectivity index (χ1v) is 4.67. The quantitative estimate of drug-likeness (QED) is 0.443. The zero-order chi connectivity index (χ0) is 10.4. The molecule has 1 aromatic rings. The largest absolute Gasteiger partial charge is 0.291 e. The van der Waals surface area contributed by atoms with Gasteiger partial charge in [-0.05, 0) is 6.42 Å². The van der Waals surface area contributed by atoms with Crippen LogP contribution in [0.15, 0.2) is 30.3 Å². The number of hydrogen-bond donors (Lipinski definition) is 1. The van der Waals surface area contributed by atoms with Gasteiger partial charge in [0.25, 0.3) is 6.17 Å². The lowest BCUT2D eigenvalue weighted by Crippen LogP contribution is -2.28. The Hall–Kier alpha value is -1.42. The maximum atomic E-state index is 10.7. The standard InChI is InChI=1S/C10H14N2O2/c1-2-8-11-10(12(13)14)9-6-4-3-5-7-9/h3-7,10-11H,2,8H2,1H3. The van der Waals surface area contributed by atoms with E-state index in [2.05, 4.69) is 5.32 Å². The molecule has 0 aromatic heterocycles. The maximum Gasteiger partial charge on any atom is 0.291 e. The molecule has 76 valence electrons. The number of hydrogen-bond acceptors (Lipinski definition) is 3. The SMILES string of the molecule is CCCNC(c1ccccc1)[N+](=O)[O-]. The lowest BCUT2D eigenvalue weighted by molar-refractivity contribution is -0.536. The molecule has 1 atom stereocenters. The van der Waals surface area contributed by atoms with Crippen molar-refractivity contribution in [2.75, 3.05) is 6.54 Å². The van der Waals surface area contributed by atoms with Gasteiger partial charge in [0.15, 0.2) is 0 Å². The van der Waals surface area contributed by atoms with E-state index in [0.717, 1.165) is 6.42 Å². The Morgan fingerprint density at radius 3 is 2.57 bits per heavy atom. The zero-order valence-electron chi connectivity index (χ0n) is 8.14. The highest BCUT2D eigenvalue weighted by atomic mass is 16.6. The Balaban J connectivity index is 2.73. The third-order valence-corrected chi connectivity index (χ3v) is 1.91. The second kappa shape index (κ2) is 5.34. The van der Waals surface area contributed by atoms with Crippen molar-refractivity contribution >= 4 is 0 Å². The molecule has 4 heteroatoms. The van der Waals surface area contributed by atoms with E-state index in [-0.39, 0.29) is 4.92 Å². The average Bonchev–Trinajstić information content (AvgIpc) is 2.19. The second-order valence-electron chi connectivity index (χ2n) is 3.05. The molecule has 0 amide bonds. The third kappa shape index (κ3) is 2.81. The number of benzene rings is 1. The maximum absolute atomic E-state index is 10.7. The highest BCUT2D eigenvalue weighted by molar-refractivity contribution is 5.16. The fraction of sp³-hybridized carbons (Fsp3) is 0.400. The van der Waals surface area contributed by atoms with Crippen LogP contribution in [0.5, 0.6) is 0 Å². The van der Waals surface area contributed by atoms with Crippen LogP contribution in [-0.2, 0) is 0 Å². The normalized spacial score (nSPS) is 12.4. The molecule has 0 aliphatic heterocycles. The molecular formula is C10H14N2O2. The number of nitrogens with one attached hydrogen (secondary N) is 1. The molecule has 0 radical (unpaired) electrons. The molecular weight excluding hydrogens is 180 g/mol. The van der Waals surface area contributed by atoms with Gasteiger partial charge in [-0.1, -0.05) is 37.3 Å². The third-order valence-electron chi connectivity index (χ3n) is 1.91. The summed E-state index contributed by atoms with van der Waals surface area (Å²) in [6.07, 6.45) is 0.105. The minimum atomic E-state index is -0.781. The van der Waals surface area contributed by atoms with Crippen LogP contribution < -0.4 is 5.32 Å². The second-order valence-corrected chi connectivity index (χ2v) is 3.05. The first-order valence-electron chi connectivity index (χ1n) is 4.67. The van der Waals surface area contributed by atoms with Gasteiger partial charge in [0, 0.05) is 17.0 Å². The van der Waals surface area contributed by atoms with Crippen LogP contribution in [0.25, 0.3) is 0 Å². The van der Waals surface area contributed by atoms with Crippen molar-refractivity contribution in [3.63, 3.8) is 0 Å². The molecule has 0 aliphatic carbocycles. The lowest BCUT2D eigenvalue weighted by atomic mass is 10.2. The summed E-state index contributed by atoms with van der Waals surface area (Å²) in [5.74, 6) is 0. The summed E-state index contributed by atoms with van der Waals surface area (Å²) in [5.41, 5.74) is 0.700. The van der Waals surface area contributed by atoms with E-state index in [1.165, 1.54) is 0 Å².